The predicted octanol–water partition coefficient (Wildman–Crippen LogP) is 0.0947. The Morgan fingerprint density at radius 2 is 1.80 bits per heavy atom. The van der Waals surface area contributed by atoms with Crippen molar-refractivity contribution in [3.8, 4) is 5.75 Å². The fourth-order valence-electron chi connectivity index (χ4n) is 5.62. The second-order valence-electron chi connectivity index (χ2n) is 9.92. The van der Waals surface area contributed by atoms with E-state index in [1.54, 1.807) is 6.92 Å². The highest BCUT2D eigenvalue weighted by molar-refractivity contribution is 6.32. The van der Waals surface area contributed by atoms with Crippen molar-refractivity contribution in [2.24, 2.45) is 0 Å². The van der Waals surface area contributed by atoms with Gasteiger partial charge in [0.1, 0.15) is 17.5 Å². The van der Waals surface area contributed by atoms with E-state index in [1.807, 2.05) is 0 Å². The molecule has 0 radical (unpaired) electrons. The number of fused-ring (bicyclic) bond motifs is 3. The number of allylic oxidation sites excluding steroid dienone is 2. The molecule has 5 N–H and O–H groups in total. The summed E-state index contributed by atoms with van der Waals surface area (Å²) in [5.41, 5.74) is -8.21. The van der Waals surface area contributed by atoms with E-state index in [4.69, 9.17) is 9.47 Å². The zero-order chi connectivity index (χ0) is 25.5. The number of aliphatic hydroxyl groups excluding tert-OH is 2. The lowest BCUT2D eigenvalue weighted by atomic mass is 9.56. The van der Waals surface area contributed by atoms with Crippen molar-refractivity contribution < 1.29 is 49.4 Å². The highest BCUT2D eigenvalue weighted by Gasteiger charge is 2.71. The van der Waals surface area contributed by atoms with Gasteiger partial charge in [-0.05, 0) is 32.4 Å². The van der Waals surface area contributed by atoms with E-state index >= 15 is 0 Å². The molecule has 186 valence electrons. The number of carbonyl (C=O) groups excluding carboxylic acids is 3. The maximum atomic E-state index is 13.8. The van der Waals surface area contributed by atoms with E-state index in [2.05, 4.69) is 0 Å². The molecule has 1 aliphatic heterocycles. The molecule has 3 aliphatic carbocycles. The largest absolute Gasteiger partial charge is 0.507 e. The van der Waals surface area contributed by atoms with Crippen LogP contribution in [-0.4, -0.2) is 84.3 Å². The third kappa shape index (κ3) is 3.15. The molecule has 0 unspecified atom stereocenters. The second kappa shape index (κ2) is 7.63. The topological polar surface area (TPSA) is 171 Å². The minimum absolute atomic E-state index is 0.0922. The average Bonchev–Trinajstić information content (AvgIpc) is 2.79. The molecule has 5 rings (SSSR count). The number of Topliss-reactive ketones (excluding diaryl/α,β-unsaturated/α-hetero) is 3. The summed E-state index contributed by atoms with van der Waals surface area (Å²) in [6.45, 7) is 2.76. The Morgan fingerprint density at radius 1 is 1.09 bits per heavy atom. The summed E-state index contributed by atoms with van der Waals surface area (Å²) in [5, 5.41) is 53.6. The fraction of sp³-hybridized carbons (Fsp3) is 0.480. The number of ether oxygens (including phenoxy) is 2. The van der Waals surface area contributed by atoms with Crippen LogP contribution in [-0.2, 0) is 14.3 Å². The Balaban J connectivity index is 1.74. The van der Waals surface area contributed by atoms with Crippen molar-refractivity contribution in [1.29, 1.82) is 0 Å². The molecular formula is C25H26O10. The van der Waals surface area contributed by atoms with Gasteiger partial charge in [-0.25, -0.2) is 0 Å². The fourth-order valence-corrected chi connectivity index (χ4v) is 5.62. The summed E-state index contributed by atoms with van der Waals surface area (Å²) < 4.78 is 11.8. The molecule has 1 aromatic carbocycles. The Bertz CT molecular complexity index is 1210. The molecule has 1 heterocycles. The van der Waals surface area contributed by atoms with Crippen LogP contribution in [0.2, 0.25) is 0 Å². The Kier molecular flexibility index (Phi) is 5.23. The van der Waals surface area contributed by atoms with Gasteiger partial charge in [-0.15, -0.1) is 0 Å². The van der Waals surface area contributed by atoms with Crippen molar-refractivity contribution >= 4 is 17.3 Å². The maximum Gasteiger partial charge on any atom is 0.204 e. The molecule has 0 spiro atoms. The van der Waals surface area contributed by atoms with Gasteiger partial charge in [0, 0.05) is 24.0 Å². The number of carbonyl (C=O) groups is 3. The molecule has 4 aliphatic rings. The summed E-state index contributed by atoms with van der Waals surface area (Å²) in [5.74, 6) is -3.24. The summed E-state index contributed by atoms with van der Waals surface area (Å²) in [6.07, 6.45) is -2.75. The van der Waals surface area contributed by atoms with Crippen LogP contribution in [0.4, 0.5) is 0 Å². The van der Waals surface area contributed by atoms with Crippen molar-refractivity contribution in [2.75, 3.05) is 0 Å². The van der Waals surface area contributed by atoms with Crippen molar-refractivity contribution in [3.63, 3.8) is 0 Å². The number of hydrogen-bond donors (Lipinski definition) is 5. The van der Waals surface area contributed by atoms with Crippen LogP contribution in [0.15, 0.2) is 41.5 Å². The van der Waals surface area contributed by atoms with Gasteiger partial charge < -0.3 is 35.0 Å². The number of aromatic hydroxyl groups is 1. The molecule has 0 bridgehead atoms. The van der Waals surface area contributed by atoms with Crippen molar-refractivity contribution in [3.05, 3.63) is 52.6 Å². The highest BCUT2D eigenvalue weighted by Crippen LogP contribution is 2.54. The Labute approximate surface area is 200 Å². The highest BCUT2D eigenvalue weighted by atomic mass is 16.7. The summed E-state index contributed by atoms with van der Waals surface area (Å²) in [6, 6.07) is 3.92. The van der Waals surface area contributed by atoms with Gasteiger partial charge in [-0.1, -0.05) is 18.2 Å². The van der Waals surface area contributed by atoms with Crippen LogP contribution in [0.25, 0.3) is 0 Å². The van der Waals surface area contributed by atoms with Crippen LogP contribution >= 0.6 is 0 Å². The van der Waals surface area contributed by atoms with E-state index in [-0.39, 0.29) is 29.5 Å². The molecule has 10 nitrogen and oxygen atoms in total. The smallest absolute Gasteiger partial charge is 0.204 e. The molecule has 1 saturated carbocycles. The zero-order valence-electron chi connectivity index (χ0n) is 19.1. The SMILES string of the molecule is C[C@@H]1O[C@H](O[C@@]23C(=O)[C@@H](O)[C@](C)(O)C[C@]2(O)C=CC2=C3C(=O)c3cccc(O)c3C2=O)CC[C@H]1O. The van der Waals surface area contributed by atoms with Crippen LogP contribution < -0.4 is 0 Å². The lowest BCUT2D eigenvalue weighted by Gasteiger charge is -2.56. The zero-order valence-corrected chi connectivity index (χ0v) is 19.1. The van der Waals surface area contributed by atoms with E-state index in [9.17, 15) is 39.9 Å². The lowest BCUT2D eigenvalue weighted by molar-refractivity contribution is -0.289. The minimum Gasteiger partial charge on any atom is -0.507 e. The number of phenols is 1. The van der Waals surface area contributed by atoms with Gasteiger partial charge in [0.25, 0.3) is 0 Å². The lowest BCUT2D eigenvalue weighted by Crippen LogP contribution is -2.75. The van der Waals surface area contributed by atoms with E-state index in [1.165, 1.54) is 31.2 Å². The van der Waals surface area contributed by atoms with Gasteiger partial charge >= 0.3 is 0 Å². The first-order valence-corrected chi connectivity index (χ1v) is 11.4. The molecule has 1 aromatic rings. The van der Waals surface area contributed by atoms with Crippen LogP contribution in [0.5, 0.6) is 5.75 Å². The second-order valence-corrected chi connectivity index (χ2v) is 9.92. The molecule has 35 heavy (non-hydrogen) atoms. The number of hydrogen-bond acceptors (Lipinski definition) is 10. The molecular weight excluding hydrogens is 460 g/mol. The first-order chi connectivity index (χ1) is 16.3. The average molecular weight is 486 g/mol. The van der Waals surface area contributed by atoms with Crippen molar-refractivity contribution in [1.82, 2.24) is 0 Å². The molecule has 0 aromatic heterocycles. The number of ketones is 3. The van der Waals surface area contributed by atoms with Crippen molar-refractivity contribution in [2.45, 2.75) is 74.5 Å². The third-order valence-corrected chi connectivity index (χ3v) is 7.47. The van der Waals surface area contributed by atoms with Gasteiger partial charge in [0.15, 0.2) is 23.5 Å². The molecule has 2 fully saturated rings. The third-order valence-electron chi connectivity index (χ3n) is 7.47. The number of phenolic OH excluding ortho intramolecular Hbond substituents is 1. The molecule has 0 amide bonds. The standard InChI is InChI=1S/C25H26O10/c1-11-14(26)6-7-16(34-11)35-25-18-13(19(28)17-12(20(18)29)4-3-5-15(17)27)8-9-24(25,33)10-23(2,32)21(30)22(25)31/h3-5,8-9,11,14,16,21,26-27,30,32-33H,6-7,10H2,1-2H3/t11-,14+,16+,21+,23+,24+,25-/m0/s1. The summed E-state index contributed by atoms with van der Waals surface area (Å²) >= 11 is 0. The molecule has 1 saturated heterocycles. The van der Waals surface area contributed by atoms with Gasteiger partial charge in [-0.2, -0.15) is 0 Å². The van der Waals surface area contributed by atoms with Gasteiger partial charge in [0.05, 0.1) is 28.9 Å². The van der Waals surface area contributed by atoms with Crippen LogP contribution in [0.3, 0.4) is 0 Å². The van der Waals surface area contributed by atoms with E-state index < -0.39 is 76.5 Å². The first-order valence-electron chi connectivity index (χ1n) is 11.4. The van der Waals surface area contributed by atoms with Gasteiger partial charge in [0.2, 0.25) is 5.78 Å². The normalized spacial score (nSPS) is 40.9. The summed E-state index contributed by atoms with van der Waals surface area (Å²) in [4.78, 5) is 41.0. The quantitative estimate of drug-likeness (QED) is 0.386. The Hall–Kier alpha value is -2.73. The number of aliphatic hydroxyl groups is 4. The van der Waals surface area contributed by atoms with Crippen LogP contribution in [0.1, 0.15) is 53.8 Å². The van der Waals surface area contributed by atoms with E-state index in [0.29, 0.717) is 0 Å². The molecule has 10 heteroatoms. The maximum absolute atomic E-state index is 13.8. The minimum atomic E-state index is -2.60. The number of benzene rings is 1. The first kappa shape index (κ1) is 24.0. The summed E-state index contributed by atoms with van der Waals surface area (Å²) in [7, 11) is 0. The van der Waals surface area contributed by atoms with Crippen LogP contribution in [0, 0.1) is 0 Å². The van der Waals surface area contributed by atoms with Gasteiger partial charge in [-0.3, -0.25) is 14.4 Å². The Morgan fingerprint density at radius 3 is 2.49 bits per heavy atom. The van der Waals surface area contributed by atoms with E-state index in [0.717, 1.165) is 6.08 Å². The molecule has 7 atom stereocenters. The predicted molar refractivity (Wildman–Crippen MR) is 118 cm³/mol. The number of rotatable bonds is 2. The monoisotopic (exact) mass is 486 g/mol.